The van der Waals surface area contributed by atoms with Crippen molar-refractivity contribution >= 4 is 44.7 Å². The van der Waals surface area contributed by atoms with Gasteiger partial charge in [-0.2, -0.15) is 0 Å². The van der Waals surface area contributed by atoms with Crippen LogP contribution in [-0.2, 0) is 0 Å². The fraction of sp³-hybridized carbons (Fsp3) is 0.0909. The maximum absolute atomic E-state index is 12.5. The first kappa shape index (κ1) is 17.7. The molecule has 0 aliphatic rings. The minimum atomic E-state index is -0.151. The third-order valence-electron chi connectivity index (χ3n) is 4.52. The van der Waals surface area contributed by atoms with E-state index in [2.05, 4.69) is 10.3 Å². The largest absolute Gasteiger partial charge is 0.322 e. The average Bonchev–Trinajstić information content (AvgIpc) is 3.07. The Morgan fingerprint density at radius 2 is 1.81 bits per heavy atom. The van der Waals surface area contributed by atoms with Gasteiger partial charge in [0.2, 0.25) is 0 Å². The second-order valence-electron chi connectivity index (χ2n) is 6.43. The molecule has 1 amide bonds. The monoisotopic (exact) mass is 392 g/mol. The second kappa shape index (κ2) is 7.14. The number of benzene rings is 3. The number of hydrogen-bond donors (Lipinski definition) is 1. The number of para-hydroxylation sites is 1. The molecule has 5 heteroatoms. The van der Waals surface area contributed by atoms with Crippen LogP contribution in [0.15, 0.2) is 60.7 Å². The van der Waals surface area contributed by atoms with Gasteiger partial charge in [-0.15, -0.1) is 11.3 Å². The molecule has 0 aliphatic carbocycles. The Labute approximate surface area is 166 Å². The Morgan fingerprint density at radius 1 is 1.00 bits per heavy atom. The molecule has 0 fully saturated rings. The first-order valence-electron chi connectivity index (χ1n) is 8.55. The molecule has 0 saturated carbocycles. The minimum Gasteiger partial charge on any atom is -0.322 e. The Morgan fingerprint density at radius 3 is 2.56 bits per heavy atom. The van der Waals surface area contributed by atoms with Gasteiger partial charge in [0.25, 0.3) is 5.91 Å². The van der Waals surface area contributed by atoms with Crippen LogP contribution in [0.3, 0.4) is 0 Å². The van der Waals surface area contributed by atoms with E-state index in [4.69, 9.17) is 11.6 Å². The topological polar surface area (TPSA) is 42.0 Å². The summed E-state index contributed by atoms with van der Waals surface area (Å²) >= 11 is 8.08. The molecule has 27 heavy (non-hydrogen) atoms. The molecule has 0 aliphatic heterocycles. The van der Waals surface area contributed by atoms with Crippen LogP contribution in [0.5, 0.6) is 0 Å². The molecule has 3 nitrogen and oxygen atoms in total. The van der Waals surface area contributed by atoms with Crippen molar-refractivity contribution in [3.63, 3.8) is 0 Å². The summed E-state index contributed by atoms with van der Waals surface area (Å²) in [4.78, 5) is 17.1. The number of aryl methyl sites for hydroxylation is 2. The molecule has 0 saturated heterocycles. The standard InChI is InChI=1S/C22H17ClN2OS/c1-13-7-8-15(11-14(13)2)21(26)24-16-9-10-17(18(23)12-16)22-25-19-5-3-4-6-20(19)27-22/h3-12H,1-2H3,(H,24,26). The van der Waals surface area contributed by atoms with Crippen molar-refractivity contribution in [2.75, 3.05) is 5.32 Å². The van der Waals surface area contributed by atoms with E-state index in [0.29, 0.717) is 16.3 Å². The van der Waals surface area contributed by atoms with E-state index >= 15 is 0 Å². The number of anilines is 1. The number of fused-ring (bicyclic) bond motifs is 1. The maximum atomic E-state index is 12.5. The van der Waals surface area contributed by atoms with Gasteiger partial charge in [0, 0.05) is 16.8 Å². The molecule has 1 heterocycles. The highest BCUT2D eigenvalue weighted by Gasteiger charge is 2.12. The number of carbonyl (C=O) groups excluding carboxylic acids is 1. The lowest BCUT2D eigenvalue weighted by molar-refractivity contribution is 0.102. The first-order chi connectivity index (χ1) is 13.0. The normalized spacial score (nSPS) is 10.9. The molecule has 1 aromatic heterocycles. The second-order valence-corrected chi connectivity index (χ2v) is 7.87. The molecule has 4 rings (SSSR count). The van der Waals surface area contributed by atoms with Gasteiger partial charge < -0.3 is 5.32 Å². The summed E-state index contributed by atoms with van der Waals surface area (Å²) in [5.74, 6) is -0.151. The van der Waals surface area contributed by atoms with E-state index in [1.54, 1.807) is 17.4 Å². The number of amides is 1. The predicted octanol–water partition coefficient (Wildman–Crippen LogP) is 6.49. The Balaban J connectivity index is 1.59. The molecule has 4 aromatic rings. The smallest absolute Gasteiger partial charge is 0.255 e. The van der Waals surface area contributed by atoms with Crippen molar-refractivity contribution in [2.24, 2.45) is 0 Å². The predicted molar refractivity (Wildman–Crippen MR) is 114 cm³/mol. The number of halogens is 1. The first-order valence-corrected chi connectivity index (χ1v) is 9.75. The SMILES string of the molecule is Cc1ccc(C(=O)Nc2ccc(-c3nc4ccccc4s3)c(Cl)c2)cc1C. The van der Waals surface area contributed by atoms with Crippen LogP contribution in [0.4, 0.5) is 5.69 Å². The van der Waals surface area contributed by atoms with Gasteiger partial charge in [-0.3, -0.25) is 4.79 Å². The highest BCUT2D eigenvalue weighted by molar-refractivity contribution is 7.21. The van der Waals surface area contributed by atoms with Crippen LogP contribution in [0.2, 0.25) is 5.02 Å². The van der Waals surface area contributed by atoms with E-state index in [1.165, 1.54) is 0 Å². The highest BCUT2D eigenvalue weighted by Crippen LogP contribution is 2.35. The average molecular weight is 393 g/mol. The lowest BCUT2D eigenvalue weighted by Gasteiger charge is -2.09. The molecule has 3 aromatic carbocycles. The van der Waals surface area contributed by atoms with Gasteiger partial charge in [-0.05, 0) is 67.4 Å². The number of carbonyl (C=O) groups is 1. The van der Waals surface area contributed by atoms with E-state index in [9.17, 15) is 4.79 Å². The Hall–Kier alpha value is -2.69. The summed E-state index contributed by atoms with van der Waals surface area (Å²) in [5.41, 5.74) is 5.36. The molecule has 0 spiro atoms. The summed E-state index contributed by atoms with van der Waals surface area (Å²) in [6.07, 6.45) is 0. The van der Waals surface area contributed by atoms with E-state index < -0.39 is 0 Å². The Bertz CT molecular complexity index is 1130. The fourth-order valence-corrected chi connectivity index (χ4v) is 4.17. The number of aromatic nitrogens is 1. The van der Waals surface area contributed by atoms with E-state index in [-0.39, 0.29) is 5.91 Å². The lowest BCUT2D eigenvalue weighted by atomic mass is 10.1. The van der Waals surface area contributed by atoms with Crippen LogP contribution in [-0.4, -0.2) is 10.9 Å². The maximum Gasteiger partial charge on any atom is 0.255 e. The van der Waals surface area contributed by atoms with Crippen molar-refractivity contribution in [1.29, 1.82) is 0 Å². The van der Waals surface area contributed by atoms with Crippen LogP contribution in [0, 0.1) is 13.8 Å². The fourth-order valence-electron chi connectivity index (χ4n) is 2.84. The zero-order valence-electron chi connectivity index (χ0n) is 14.9. The molecule has 0 radical (unpaired) electrons. The number of nitrogens with zero attached hydrogens (tertiary/aromatic N) is 1. The summed E-state index contributed by atoms with van der Waals surface area (Å²) in [5, 5.41) is 4.34. The van der Waals surface area contributed by atoms with Crippen molar-refractivity contribution in [3.8, 4) is 10.6 Å². The zero-order valence-corrected chi connectivity index (χ0v) is 16.5. The summed E-state index contributed by atoms with van der Waals surface area (Å²) < 4.78 is 1.12. The van der Waals surface area contributed by atoms with Gasteiger partial charge in [0.15, 0.2) is 0 Å². The molecule has 0 atom stereocenters. The number of thiazole rings is 1. The highest BCUT2D eigenvalue weighted by atomic mass is 35.5. The quantitative estimate of drug-likeness (QED) is 0.433. The molecular formula is C22H17ClN2OS. The van der Waals surface area contributed by atoms with Crippen molar-refractivity contribution in [2.45, 2.75) is 13.8 Å². The zero-order chi connectivity index (χ0) is 19.0. The van der Waals surface area contributed by atoms with E-state index in [1.807, 2.05) is 68.4 Å². The van der Waals surface area contributed by atoms with Crippen molar-refractivity contribution < 1.29 is 4.79 Å². The van der Waals surface area contributed by atoms with Gasteiger partial charge in [-0.1, -0.05) is 29.8 Å². The van der Waals surface area contributed by atoms with Gasteiger partial charge >= 0.3 is 0 Å². The molecular weight excluding hydrogens is 376 g/mol. The van der Waals surface area contributed by atoms with Crippen molar-refractivity contribution in [1.82, 2.24) is 4.98 Å². The van der Waals surface area contributed by atoms with Crippen LogP contribution in [0.1, 0.15) is 21.5 Å². The third-order valence-corrected chi connectivity index (χ3v) is 5.90. The van der Waals surface area contributed by atoms with E-state index in [0.717, 1.165) is 31.9 Å². The van der Waals surface area contributed by atoms with Crippen LogP contribution in [0.25, 0.3) is 20.8 Å². The van der Waals surface area contributed by atoms with Gasteiger partial charge in [0.1, 0.15) is 5.01 Å². The minimum absolute atomic E-state index is 0.151. The van der Waals surface area contributed by atoms with Crippen LogP contribution < -0.4 is 5.32 Å². The molecule has 0 unspecified atom stereocenters. The Kier molecular flexibility index (Phi) is 4.68. The molecule has 0 bridgehead atoms. The summed E-state index contributed by atoms with van der Waals surface area (Å²) in [6.45, 7) is 4.02. The number of nitrogens with one attached hydrogen (secondary N) is 1. The summed E-state index contributed by atoms with van der Waals surface area (Å²) in [7, 11) is 0. The number of rotatable bonds is 3. The molecule has 134 valence electrons. The third kappa shape index (κ3) is 3.59. The summed E-state index contributed by atoms with van der Waals surface area (Å²) in [6, 6.07) is 19.2. The lowest BCUT2D eigenvalue weighted by Crippen LogP contribution is -2.12. The van der Waals surface area contributed by atoms with Gasteiger partial charge in [-0.25, -0.2) is 4.98 Å². The number of hydrogen-bond acceptors (Lipinski definition) is 3. The van der Waals surface area contributed by atoms with Crippen LogP contribution >= 0.6 is 22.9 Å². The van der Waals surface area contributed by atoms with Gasteiger partial charge in [0.05, 0.1) is 15.2 Å². The molecule has 1 N–H and O–H groups in total. The van der Waals surface area contributed by atoms with Crippen molar-refractivity contribution in [3.05, 3.63) is 82.4 Å².